The summed E-state index contributed by atoms with van der Waals surface area (Å²) in [6.07, 6.45) is 1.00. The first-order chi connectivity index (χ1) is 10.0. The van der Waals surface area contributed by atoms with Gasteiger partial charge in [-0.15, -0.1) is 0 Å². The normalized spacial score (nSPS) is 20.2. The zero-order valence-corrected chi connectivity index (χ0v) is 13.8. The Hall–Kier alpha value is -1.26. The maximum atomic E-state index is 12.9. The summed E-state index contributed by atoms with van der Waals surface area (Å²) in [7, 11) is 2.11. The van der Waals surface area contributed by atoms with Crippen molar-refractivity contribution < 1.29 is 4.79 Å². The molecule has 0 spiro atoms. The minimum Gasteiger partial charge on any atom is -0.385 e. The third-order valence-corrected chi connectivity index (χ3v) is 4.12. The molecule has 1 amide bonds. The van der Waals surface area contributed by atoms with E-state index in [0.29, 0.717) is 10.6 Å². The Kier molecular flexibility index (Phi) is 5.48. The smallest absolute Gasteiger partial charge is 0.256 e. The maximum Gasteiger partial charge on any atom is 0.256 e. The van der Waals surface area contributed by atoms with E-state index in [1.54, 1.807) is 6.07 Å². The molecule has 1 aliphatic rings. The van der Waals surface area contributed by atoms with Gasteiger partial charge >= 0.3 is 0 Å². The fourth-order valence-electron chi connectivity index (χ4n) is 2.87. The number of hydrogen-bond acceptors (Lipinski definition) is 3. The van der Waals surface area contributed by atoms with Crippen molar-refractivity contribution in [3.63, 3.8) is 0 Å². The van der Waals surface area contributed by atoms with Crippen LogP contribution in [0.4, 0.5) is 5.69 Å². The van der Waals surface area contributed by atoms with E-state index in [1.165, 1.54) is 0 Å². The molecule has 1 aromatic rings. The molecule has 1 atom stereocenters. The van der Waals surface area contributed by atoms with E-state index in [4.69, 9.17) is 11.6 Å². The number of rotatable bonds is 3. The average Bonchev–Trinajstić information content (AvgIpc) is 2.61. The number of carbonyl (C=O) groups excluding carboxylic acids is 1. The van der Waals surface area contributed by atoms with Crippen LogP contribution in [0.5, 0.6) is 0 Å². The largest absolute Gasteiger partial charge is 0.385 e. The standard InChI is InChI=1S/C16H24ClN3O/c1-4-18-15-7-6-13(17)10-14(15)16(21)20-9-5-8-19(3)11-12(20)2/h6-7,10,12,18H,4-5,8-9,11H2,1-3H3. The van der Waals surface area contributed by atoms with Crippen molar-refractivity contribution in [2.75, 3.05) is 38.5 Å². The van der Waals surface area contributed by atoms with Gasteiger partial charge in [0.25, 0.3) is 5.91 Å². The van der Waals surface area contributed by atoms with Crippen LogP contribution in [0, 0.1) is 0 Å². The molecule has 0 aromatic heterocycles. The summed E-state index contributed by atoms with van der Waals surface area (Å²) in [5, 5.41) is 3.84. The summed E-state index contributed by atoms with van der Waals surface area (Å²) in [6, 6.07) is 5.67. The number of likely N-dealkylation sites (N-methyl/N-ethyl adjacent to an activating group) is 1. The van der Waals surface area contributed by atoms with Crippen LogP contribution < -0.4 is 5.32 Å². The number of amides is 1. The van der Waals surface area contributed by atoms with Crippen LogP contribution in [-0.2, 0) is 0 Å². The summed E-state index contributed by atoms with van der Waals surface area (Å²) in [4.78, 5) is 17.2. The van der Waals surface area contributed by atoms with Crippen LogP contribution in [0.2, 0.25) is 5.02 Å². The van der Waals surface area contributed by atoms with Gasteiger partial charge in [-0.2, -0.15) is 0 Å². The fraction of sp³-hybridized carbons (Fsp3) is 0.562. The second kappa shape index (κ2) is 7.14. The SMILES string of the molecule is CCNc1ccc(Cl)cc1C(=O)N1CCCN(C)CC1C. The molecule has 0 bridgehead atoms. The topological polar surface area (TPSA) is 35.6 Å². The van der Waals surface area contributed by atoms with Crippen LogP contribution in [0.15, 0.2) is 18.2 Å². The Morgan fingerprint density at radius 2 is 2.19 bits per heavy atom. The van der Waals surface area contributed by atoms with Crippen LogP contribution in [0.1, 0.15) is 30.6 Å². The Balaban J connectivity index is 2.27. The quantitative estimate of drug-likeness (QED) is 0.932. The van der Waals surface area contributed by atoms with Gasteiger partial charge in [-0.05, 0) is 52.1 Å². The van der Waals surface area contributed by atoms with Crippen molar-refractivity contribution in [1.29, 1.82) is 0 Å². The highest BCUT2D eigenvalue weighted by Gasteiger charge is 2.26. The maximum absolute atomic E-state index is 12.9. The Bertz CT molecular complexity index is 506. The lowest BCUT2D eigenvalue weighted by Gasteiger charge is -2.29. The van der Waals surface area contributed by atoms with E-state index in [-0.39, 0.29) is 11.9 Å². The lowest BCUT2D eigenvalue weighted by molar-refractivity contribution is 0.0697. The Labute approximate surface area is 132 Å². The lowest BCUT2D eigenvalue weighted by atomic mass is 10.1. The molecule has 5 heteroatoms. The second-order valence-electron chi connectivity index (χ2n) is 5.68. The zero-order chi connectivity index (χ0) is 15.4. The van der Waals surface area contributed by atoms with Crippen molar-refractivity contribution in [3.8, 4) is 0 Å². The number of hydrogen-bond donors (Lipinski definition) is 1. The summed E-state index contributed by atoms with van der Waals surface area (Å²) in [5.74, 6) is 0.0660. The molecule has 0 radical (unpaired) electrons. The number of anilines is 1. The van der Waals surface area contributed by atoms with Crippen molar-refractivity contribution in [2.24, 2.45) is 0 Å². The number of nitrogens with zero attached hydrogens (tertiary/aromatic N) is 2. The van der Waals surface area contributed by atoms with Gasteiger partial charge in [0.05, 0.1) is 5.56 Å². The van der Waals surface area contributed by atoms with Gasteiger partial charge in [-0.25, -0.2) is 0 Å². The van der Waals surface area contributed by atoms with E-state index in [0.717, 1.165) is 38.3 Å². The molecular formula is C16H24ClN3O. The van der Waals surface area contributed by atoms with Crippen molar-refractivity contribution >= 4 is 23.2 Å². The van der Waals surface area contributed by atoms with Crippen molar-refractivity contribution in [3.05, 3.63) is 28.8 Å². The molecule has 1 aliphatic heterocycles. The first-order valence-electron chi connectivity index (χ1n) is 7.56. The number of benzene rings is 1. The highest BCUT2D eigenvalue weighted by atomic mass is 35.5. The second-order valence-corrected chi connectivity index (χ2v) is 6.12. The molecule has 1 fully saturated rings. The monoisotopic (exact) mass is 309 g/mol. The summed E-state index contributed by atoms with van der Waals surface area (Å²) >= 11 is 6.09. The van der Waals surface area contributed by atoms with E-state index in [1.807, 2.05) is 24.0 Å². The highest BCUT2D eigenvalue weighted by Crippen LogP contribution is 2.24. The predicted octanol–water partition coefficient (Wildman–Crippen LogP) is 2.94. The van der Waals surface area contributed by atoms with Crippen molar-refractivity contribution in [2.45, 2.75) is 26.3 Å². The third kappa shape index (κ3) is 3.89. The van der Waals surface area contributed by atoms with E-state index < -0.39 is 0 Å². The van der Waals surface area contributed by atoms with Gasteiger partial charge < -0.3 is 15.1 Å². The highest BCUT2D eigenvalue weighted by molar-refractivity contribution is 6.31. The molecule has 2 rings (SSSR count). The van der Waals surface area contributed by atoms with Gasteiger partial charge in [0.15, 0.2) is 0 Å². The Morgan fingerprint density at radius 1 is 1.43 bits per heavy atom. The van der Waals surface area contributed by atoms with E-state index >= 15 is 0 Å². The predicted molar refractivity (Wildman–Crippen MR) is 88.2 cm³/mol. The van der Waals surface area contributed by atoms with E-state index in [9.17, 15) is 4.79 Å². The first-order valence-corrected chi connectivity index (χ1v) is 7.93. The summed E-state index contributed by atoms with van der Waals surface area (Å²) in [5.41, 5.74) is 1.53. The number of nitrogens with one attached hydrogen (secondary N) is 1. The van der Waals surface area contributed by atoms with Gasteiger partial charge in [0.1, 0.15) is 0 Å². The molecule has 1 saturated heterocycles. The molecule has 1 heterocycles. The molecule has 4 nitrogen and oxygen atoms in total. The number of halogens is 1. The summed E-state index contributed by atoms with van der Waals surface area (Å²) in [6.45, 7) is 7.64. The molecule has 1 unspecified atom stereocenters. The van der Waals surface area contributed by atoms with Gasteiger partial charge in [0.2, 0.25) is 0 Å². The fourth-order valence-corrected chi connectivity index (χ4v) is 3.04. The van der Waals surface area contributed by atoms with Crippen LogP contribution in [-0.4, -0.2) is 55.0 Å². The average molecular weight is 310 g/mol. The minimum absolute atomic E-state index is 0.0660. The summed E-state index contributed by atoms with van der Waals surface area (Å²) < 4.78 is 0. The molecular weight excluding hydrogens is 286 g/mol. The number of carbonyl (C=O) groups is 1. The first kappa shape index (κ1) is 16.1. The Morgan fingerprint density at radius 3 is 2.90 bits per heavy atom. The minimum atomic E-state index is 0.0660. The molecule has 0 aliphatic carbocycles. The van der Waals surface area contributed by atoms with Gasteiger partial charge in [-0.1, -0.05) is 11.6 Å². The van der Waals surface area contributed by atoms with Gasteiger partial charge in [-0.3, -0.25) is 4.79 Å². The van der Waals surface area contributed by atoms with Crippen LogP contribution in [0.3, 0.4) is 0 Å². The lowest BCUT2D eigenvalue weighted by Crippen LogP contribution is -2.42. The third-order valence-electron chi connectivity index (χ3n) is 3.89. The van der Waals surface area contributed by atoms with E-state index in [2.05, 4.69) is 24.2 Å². The van der Waals surface area contributed by atoms with Gasteiger partial charge in [0, 0.05) is 36.4 Å². The molecule has 0 saturated carbocycles. The molecule has 21 heavy (non-hydrogen) atoms. The zero-order valence-electron chi connectivity index (χ0n) is 13.0. The molecule has 1 aromatic carbocycles. The molecule has 1 N–H and O–H groups in total. The van der Waals surface area contributed by atoms with Crippen molar-refractivity contribution in [1.82, 2.24) is 9.80 Å². The van der Waals surface area contributed by atoms with Crippen LogP contribution in [0.25, 0.3) is 0 Å². The molecule has 116 valence electrons. The van der Waals surface area contributed by atoms with Crippen LogP contribution >= 0.6 is 11.6 Å².